The smallest absolute Gasteiger partial charge is 0.416 e. The van der Waals surface area contributed by atoms with Crippen LogP contribution in [0.1, 0.15) is 28.4 Å². The Balaban J connectivity index is 1.74. The second-order valence-electron chi connectivity index (χ2n) is 8.26. The van der Waals surface area contributed by atoms with Gasteiger partial charge in [-0.15, -0.1) is 0 Å². The molecule has 1 aliphatic heterocycles. The van der Waals surface area contributed by atoms with E-state index in [-0.39, 0.29) is 17.7 Å². The Morgan fingerprint density at radius 1 is 1.05 bits per heavy atom. The van der Waals surface area contributed by atoms with Gasteiger partial charge in [0.15, 0.2) is 5.13 Å². The molecule has 0 saturated carbocycles. The van der Waals surface area contributed by atoms with Gasteiger partial charge in [-0.2, -0.15) is 26.3 Å². The molecule has 1 aromatic heterocycles. The lowest BCUT2D eigenvalue weighted by Crippen LogP contribution is -2.43. The van der Waals surface area contributed by atoms with Crippen molar-refractivity contribution in [2.24, 2.45) is 0 Å². The number of nitrogens with zero attached hydrogens (tertiary/aromatic N) is 3. The molecule has 2 aromatic carbocycles. The lowest BCUT2D eigenvalue weighted by Gasteiger charge is -2.29. The van der Waals surface area contributed by atoms with Gasteiger partial charge in [-0.3, -0.25) is 14.6 Å². The zero-order chi connectivity index (χ0) is 26.8. The average Bonchev–Trinajstić information content (AvgIpc) is 3.26. The van der Waals surface area contributed by atoms with E-state index in [2.05, 4.69) is 4.98 Å². The second kappa shape index (κ2) is 10.8. The Hall–Kier alpha value is -2.90. The maximum absolute atomic E-state index is 13.5. The van der Waals surface area contributed by atoms with Gasteiger partial charge in [0.1, 0.15) is 5.75 Å². The highest BCUT2D eigenvalue weighted by atomic mass is 32.1. The molecule has 2 heterocycles. The van der Waals surface area contributed by atoms with E-state index >= 15 is 0 Å². The number of aromatic nitrogens is 1. The minimum Gasteiger partial charge on any atom is -0.494 e. The number of benzene rings is 2. The molecule has 1 aliphatic rings. The molecule has 3 aromatic rings. The summed E-state index contributed by atoms with van der Waals surface area (Å²) in [6, 6.07) is 5.98. The van der Waals surface area contributed by atoms with Crippen LogP contribution >= 0.6 is 11.3 Å². The molecule has 13 heteroatoms. The van der Waals surface area contributed by atoms with E-state index < -0.39 is 35.0 Å². The molecule has 200 valence electrons. The quantitative estimate of drug-likeness (QED) is 0.355. The third-order valence-corrected chi connectivity index (χ3v) is 6.75. The number of halogens is 6. The number of carbonyl (C=O) groups excluding carboxylic acids is 1. The van der Waals surface area contributed by atoms with Gasteiger partial charge >= 0.3 is 12.4 Å². The number of amides is 1. The number of carbonyl (C=O) groups is 1. The number of rotatable bonds is 7. The van der Waals surface area contributed by atoms with E-state index in [9.17, 15) is 31.1 Å². The Bertz CT molecular complexity index is 1220. The van der Waals surface area contributed by atoms with Gasteiger partial charge in [0.2, 0.25) is 0 Å². The average molecular weight is 548 g/mol. The first kappa shape index (κ1) is 27.1. The van der Waals surface area contributed by atoms with E-state index in [1.165, 1.54) is 0 Å². The minimum absolute atomic E-state index is 0.00178. The number of thiazole rings is 1. The Kier molecular flexibility index (Phi) is 7.95. The van der Waals surface area contributed by atoms with E-state index in [0.29, 0.717) is 67.6 Å². The van der Waals surface area contributed by atoms with Crippen LogP contribution in [0.2, 0.25) is 0 Å². The summed E-state index contributed by atoms with van der Waals surface area (Å²) in [6.07, 6.45) is -10.1. The van der Waals surface area contributed by atoms with Crippen molar-refractivity contribution in [2.45, 2.75) is 19.3 Å². The van der Waals surface area contributed by atoms with Gasteiger partial charge in [-0.25, -0.2) is 4.98 Å². The number of morpholine rings is 1. The topological polar surface area (TPSA) is 54.9 Å². The SMILES string of the molecule is CCOc1ccc2nc(N(CCN3CCOCC3)C(=O)c3cc(C(F)(F)F)cc(C(F)(F)F)c3)sc2c1. The standard InChI is InChI=1S/C24H23F6N3O3S/c1-2-36-18-3-4-19-20(14-18)37-22(31-19)33(6-5-32-7-9-35-10-8-32)21(34)15-11-16(23(25,26)27)13-17(12-15)24(28,29)30/h3-4,11-14H,2,5-10H2,1H3. The highest BCUT2D eigenvalue weighted by molar-refractivity contribution is 7.22. The largest absolute Gasteiger partial charge is 0.494 e. The fourth-order valence-corrected chi connectivity index (χ4v) is 4.87. The zero-order valence-electron chi connectivity index (χ0n) is 19.7. The summed E-state index contributed by atoms with van der Waals surface area (Å²) in [4.78, 5) is 21.1. The second-order valence-corrected chi connectivity index (χ2v) is 9.27. The Morgan fingerprint density at radius 2 is 1.70 bits per heavy atom. The van der Waals surface area contributed by atoms with Crippen LogP contribution in [0.25, 0.3) is 10.2 Å². The number of fused-ring (bicyclic) bond motifs is 1. The van der Waals surface area contributed by atoms with E-state index in [0.717, 1.165) is 16.2 Å². The van der Waals surface area contributed by atoms with Crippen LogP contribution in [0.15, 0.2) is 36.4 Å². The van der Waals surface area contributed by atoms with Gasteiger partial charge in [-0.05, 0) is 43.3 Å². The van der Waals surface area contributed by atoms with Crippen molar-refractivity contribution >= 4 is 32.6 Å². The number of hydrogen-bond acceptors (Lipinski definition) is 6. The summed E-state index contributed by atoms with van der Waals surface area (Å²) < 4.78 is 92.0. The summed E-state index contributed by atoms with van der Waals surface area (Å²) in [6.45, 7) is 4.73. The molecule has 0 atom stereocenters. The predicted molar refractivity (Wildman–Crippen MR) is 126 cm³/mol. The molecule has 6 nitrogen and oxygen atoms in total. The number of ether oxygens (including phenoxy) is 2. The summed E-state index contributed by atoms with van der Waals surface area (Å²) in [5.74, 6) is -0.432. The van der Waals surface area contributed by atoms with Gasteiger partial charge in [0.25, 0.3) is 5.91 Å². The molecule has 0 aliphatic carbocycles. The van der Waals surface area contributed by atoms with Crippen LogP contribution in [0.3, 0.4) is 0 Å². The van der Waals surface area contributed by atoms with Crippen molar-refractivity contribution in [3.05, 3.63) is 53.1 Å². The molecule has 1 amide bonds. The summed E-state index contributed by atoms with van der Waals surface area (Å²) in [5.41, 5.74) is -3.31. The van der Waals surface area contributed by atoms with Crippen molar-refractivity contribution in [1.29, 1.82) is 0 Å². The molecule has 4 rings (SSSR count). The molecule has 0 radical (unpaired) electrons. The maximum atomic E-state index is 13.5. The highest BCUT2D eigenvalue weighted by Gasteiger charge is 2.38. The van der Waals surface area contributed by atoms with Crippen molar-refractivity contribution < 1.29 is 40.6 Å². The number of alkyl halides is 6. The van der Waals surface area contributed by atoms with Crippen LogP contribution in [-0.4, -0.2) is 61.8 Å². The summed E-state index contributed by atoms with van der Waals surface area (Å²) >= 11 is 1.10. The molecular formula is C24H23F6N3O3S. The number of anilines is 1. The summed E-state index contributed by atoms with van der Waals surface area (Å²) in [7, 11) is 0. The van der Waals surface area contributed by atoms with Gasteiger partial charge < -0.3 is 9.47 Å². The predicted octanol–water partition coefficient (Wildman–Crippen LogP) is 5.71. The fraction of sp³-hybridized carbons (Fsp3) is 0.417. The lowest BCUT2D eigenvalue weighted by molar-refractivity contribution is -0.143. The van der Waals surface area contributed by atoms with Crippen LogP contribution < -0.4 is 9.64 Å². The molecule has 0 unspecified atom stereocenters. The third kappa shape index (κ3) is 6.51. The van der Waals surface area contributed by atoms with E-state index in [1.807, 2.05) is 11.8 Å². The van der Waals surface area contributed by atoms with Crippen LogP contribution in [0.5, 0.6) is 5.75 Å². The zero-order valence-corrected chi connectivity index (χ0v) is 20.5. The van der Waals surface area contributed by atoms with E-state index in [1.54, 1.807) is 18.2 Å². The van der Waals surface area contributed by atoms with Gasteiger partial charge in [0, 0.05) is 31.7 Å². The molecule has 0 N–H and O–H groups in total. The first-order valence-corrected chi connectivity index (χ1v) is 12.2. The molecule has 1 fully saturated rings. The van der Waals surface area contributed by atoms with Crippen LogP contribution in [-0.2, 0) is 17.1 Å². The van der Waals surface area contributed by atoms with Crippen molar-refractivity contribution in [3.63, 3.8) is 0 Å². The first-order chi connectivity index (χ1) is 17.5. The maximum Gasteiger partial charge on any atom is 0.416 e. The molecular weight excluding hydrogens is 524 g/mol. The fourth-order valence-electron chi connectivity index (χ4n) is 3.85. The van der Waals surface area contributed by atoms with Crippen molar-refractivity contribution in [1.82, 2.24) is 9.88 Å². The lowest BCUT2D eigenvalue weighted by atomic mass is 10.0. The highest BCUT2D eigenvalue weighted by Crippen LogP contribution is 2.37. The van der Waals surface area contributed by atoms with Crippen molar-refractivity contribution in [3.8, 4) is 5.75 Å². The van der Waals surface area contributed by atoms with Crippen LogP contribution in [0, 0.1) is 0 Å². The molecule has 0 spiro atoms. The molecule has 0 bridgehead atoms. The van der Waals surface area contributed by atoms with Gasteiger partial charge in [-0.1, -0.05) is 11.3 Å². The Morgan fingerprint density at radius 3 is 2.30 bits per heavy atom. The monoisotopic (exact) mass is 547 g/mol. The van der Waals surface area contributed by atoms with E-state index in [4.69, 9.17) is 9.47 Å². The van der Waals surface area contributed by atoms with Crippen LogP contribution in [0.4, 0.5) is 31.5 Å². The molecule has 37 heavy (non-hydrogen) atoms. The molecule has 1 saturated heterocycles. The third-order valence-electron chi connectivity index (χ3n) is 5.71. The normalized spacial score (nSPS) is 15.2. The first-order valence-electron chi connectivity index (χ1n) is 11.4. The number of hydrogen-bond donors (Lipinski definition) is 0. The Labute approximate surface area is 212 Å². The van der Waals surface area contributed by atoms with Crippen molar-refractivity contribution in [2.75, 3.05) is 50.9 Å². The van der Waals surface area contributed by atoms with Gasteiger partial charge in [0.05, 0.1) is 41.2 Å². The summed E-state index contributed by atoms with van der Waals surface area (Å²) in [5, 5.41) is 0.160. The minimum atomic E-state index is -5.07.